The van der Waals surface area contributed by atoms with Gasteiger partial charge in [0.25, 0.3) is 5.88 Å². The Morgan fingerprint density at radius 3 is 2.93 bits per heavy atom. The lowest BCUT2D eigenvalue weighted by Crippen LogP contribution is -2.06. The Morgan fingerprint density at radius 2 is 2.43 bits per heavy atom. The van der Waals surface area contributed by atoms with Gasteiger partial charge in [0.1, 0.15) is 0 Å². The van der Waals surface area contributed by atoms with Crippen molar-refractivity contribution in [1.82, 2.24) is 10.3 Å². The van der Waals surface area contributed by atoms with Gasteiger partial charge in [-0.3, -0.25) is 10.1 Å². The Kier molecular flexibility index (Phi) is 3.35. The van der Waals surface area contributed by atoms with Gasteiger partial charge in [0.2, 0.25) is 0 Å². The number of nitro groups is 1. The Labute approximate surface area is 81.1 Å². The van der Waals surface area contributed by atoms with Crippen LogP contribution < -0.4 is 10.1 Å². The van der Waals surface area contributed by atoms with Crippen LogP contribution in [0.25, 0.3) is 0 Å². The minimum absolute atomic E-state index is 0.0369. The minimum Gasteiger partial charge on any atom is -0.476 e. The van der Waals surface area contributed by atoms with Crippen LogP contribution >= 0.6 is 0 Å². The second kappa shape index (κ2) is 4.52. The molecule has 0 amide bonds. The first kappa shape index (κ1) is 10.4. The van der Waals surface area contributed by atoms with Crippen LogP contribution in [0.5, 0.6) is 5.88 Å². The molecule has 0 unspecified atom stereocenters. The predicted molar refractivity (Wildman–Crippen MR) is 50.2 cm³/mol. The molecule has 1 N–H and O–H groups in total. The summed E-state index contributed by atoms with van der Waals surface area (Å²) in [6.45, 7) is 0.540. The first-order valence-electron chi connectivity index (χ1n) is 4.01. The van der Waals surface area contributed by atoms with Crippen molar-refractivity contribution in [1.29, 1.82) is 0 Å². The molecule has 1 rings (SSSR count). The second-order valence-corrected chi connectivity index (χ2v) is 2.66. The zero-order chi connectivity index (χ0) is 10.6. The van der Waals surface area contributed by atoms with E-state index in [1.54, 1.807) is 13.2 Å². The Balaban J connectivity index is 3.07. The average Bonchev–Trinajstić information content (AvgIpc) is 2.18. The van der Waals surface area contributed by atoms with Crippen molar-refractivity contribution < 1.29 is 9.66 Å². The molecule has 1 heterocycles. The molecule has 0 bridgehead atoms. The molecule has 0 fully saturated rings. The molecule has 1 aromatic rings. The molecule has 1 aromatic heterocycles. The highest BCUT2D eigenvalue weighted by atomic mass is 16.6. The highest BCUT2D eigenvalue weighted by Gasteiger charge is 2.16. The van der Waals surface area contributed by atoms with E-state index in [1.165, 1.54) is 13.2 Å². The maximum atomic E-state index is 10.6. The first-order chi connectivity index (χ1) is 6.69. The molecule has 6 heteroatoms. The Morgan fingerprint density at radius 1 is 1.71 bits per heavy atom. The van der Waals surface area contributed by atoms with E-state index in [1.807, 2.05) is 0 Å². The molecule has 0 aliphatic rings. The van der Waals surface area contributed by atoms with E-state index < -0.39 is 4.92 Å². The van der Waals surface area contributed by atoms with Crippen LogP contribution in [0.4, 0.5) is 5.69 Å². The van der Waals surface area contributed by atoms with Crippen molar-refractivity contribution in [3.05, 3.63) is 27.9 Å². The molecule has 14 heavy (non-hydrogen) atoms. The van der Waals surface area contributed by atoms with Gasteiger partial charge in [-0.2, -0.15) is 0 Å². The Bertz CT molecular complexity index is 341. The van der Waals surface area contributed by atoms with Crippen molar-refractivity contribution >= 4 is 5.69 Å². The van der Waals surface area contributed by atoms with Gasteiger partial charge in [0, 0.05) is 18.8 Å². The SMILES string of the molecule is CNCc1cnc(OC)c([N+](=O)[O-])c1. The van der Waals surface area contributed by atoms with Gasteiger partial charge in [0.15, 0.2) is 0 Å². The summed E-state index contributed by atoms with van der Waals surface area (Å²) in [5, 5.41) is 13.5. The lowest BCUT2D eigenvalue weighted by molar-refractivity contribution is -0.386. The van der Waals surface area contributed by atoms with Crippen LogP contribution in [0, 0.1) is 10.1 Å². The Hall–Kier alpha value is -1.69. The molecule has 0 radical (unpaired) electrons. The van der Waals surface area contributed by atoms with E-state index in [0.29, 0.717) is 6.54 Å². The number of nitrogens with zero attached hydrogens (tertiary/aromatic N) is 2. The van der Waals surface area contributed by atoms with Crippen molar-refractivity contribution in [3.8, 4) is 5.88 Å². The third kappa shape index (κ3) is 2.17. The summed E-state index contributed by atoms with van der Waals surface area (Å²) in [4.78, 5) is 13.9. The molecule has 0 saturated carbocycles. The van der Waals surface area contributed by atoms with Crippen LogP contribution in [0.3, 0.4) is 0 Å². The average molecular weight is 197 g/mol. The molecular formula is C8H11N3O3. The van der Waals surface area contributed by atoms with Gasteiger partial charge in [-0.05, 0) is 12.6 Å². The standard InChI is InChI=1S/C8H11N3O3/c1-9-4-6-3-7(11(12)13)8(14-2)10-5-6/h3,5,9H,4H2,1-2H3. The van der Waals surface area contributed by atoms with Gasteiger partial charge in [0.05, 0.1) is 12.0 Å². The summed E-state index contributed by atoms with van der Waals surface area (Å²) in [5.74, 6) is 0.0369. The molecular weight excluding hydrogens is 186 g/mol. The van der Waals surface area contributed by atoms with E-state index in [0.717, 1.165) is 5.56 Å². The summed E-state index contributed by atoms with van der Waals surface area (Å²) >= 11 is 0. The second-order valence-electron chi connectivity index (χ2n) is 2.66. The van der Waals surface area contributed by atoms with E-state index in [9.17, 15) is 10.1 Å². The molecule has 0 aliphatic heterocycles. The van der Waals surface area contributed by atoms with Crippen LogP contribution in [0.2, 0.25) is 0 Å². The number of ether oxygens (including phenoxy) is 1. The quantitative estimate of drug-likeness (QED) is 0.568. The largest absolute Gasteiger partial charge is 0.476 e. The van der Waals surface area contributed by atoms with Gasteiger partial charge in [-0.1, -0.05) is 0 Å². The fourth-order valence-corrected chi connectivity index (χ4v) is 1.07. The van der Waals surface area contributed by atoms with Crippen LogP contribution in [-0.2, 0) is 6.54 Å². The van der Waals surface area contributed by atoms with Crippen molar-refractivity contribution in [2.24, 2.45) is 0 Å². The number of nitrogens with one attached hydrogen (secondary N) is 1. The number of pyridine rings is 1. The van der Waals surface area contributed by atoms with E-state index in [2.05, 4.69) is 10.3 Å². The highest BCUT2D eigenvalue weighted by Crippen LogP contribution is 2.24. The van der Waals surface area contributed by atoms with Crippen LogP contribution in [0.1, 0.15) is 5.56 Å². The molecule has 76 valence electrons. The lowest BCUT2D eigenvalue weighted by atomic mass is 10.2. The van der Waals surface area contributed by atoms with Crippen molar-refractivity contribution in [3.63, 3.8) is 0 Å². The summed E-state index contributed by atoms with van der Waals surface area (Å²) in [6.07, 6.45) is 1.54. The zero-order valence-corrected chi connectivity index (χ0v) is 7.98. The number of rotatable bonds is 4. The van der Waals surface area contributed by atoms with Gasteiger partial charge in [-0.25, -0.2) is 4.98 Å². The number of hydrogen-bond donors (Lipinski definition) is 1. The first-order valence-corrected chi connectivity index (χ1v) is 4.01. The fraction of sp³-hybridized carbons (Fsp3) is 0.375. The molecule has 0 spiro atoms. The van der Waals surface area contributed by atoms with Gasteiger partial charge < -0.3 is 10.1 Å². The third-order valence-electron chi connectivity index (χ3n) is 1.66. The van der Waals surface area contributed by atoms with Gasteiger partial charge in [-0.15, -0.1) is 0 Å². The van der Waals surface area contributed by atoms with Crippen molar-refractivity contribution in [2.75, 3.05) is 14.2 Å². The summed E-state index contributed by atoms with van der Waals surface area (Å²) in [7, 11) is 3.11. The minimum atomic E-state index is -0.509. The normalized spacial score (nSPS) is 9.86. The predicted octanol–water partition coefficient (Wildman–Crippen LogP) is 0.718. The third-order valence-corrected chi connectivity index (χ3v) is 1.66. The van der Waals surface area contributed by atoms with E-state index in [-0.39, 0.29) is 11.6 Å². The molecule has 0 saturated heterocycles. The fourth-order valence-electron chi connectivity index (χ4n) is 1.07. The van der Waals surface area contributed by atoms with E-state index in [4.69, 9.17) is 4.74 Å². The maximum Gasteiger partial charge on any atom is 0.331 e. The smallest absolute Gasteiger partial charge is 0.331 e. The van der Waals surface area contributed by atoms with Crippen LogP contribution in [-0.4, -0.2) is 24.1 Å². The molecule has 6 nitrogen and oxygen atoms in total. The number of hydrogen-bond acceptors (Lipinski definition) is 5. The number of aromatic nitrogens is 1. The van der Waals surface area contributed by atoms with Gasteiger partial charge >= 0.3 is 5.69 Å². The zero-order valence-electron chi connectivity index (χ0n) is 7.98. The van der Waals surface area contributed by atoms with E-state index >= 15 is 0 Å². The molecule has 0 aliphatic carbocycles. The summed E-state index contributed by atoms with van der Waals surface area (Å²) in [6, 6.07) is 1.45. The monoisotopic (exact) mass is 197 g/mol. The molecule has 0 atom stereocenters. The summed E-state index contributed by atoms with van der Waals surface area (Å²) < 4.78 is 4.77. The lowest BCUT2D eigenvalue weighted by Gasteiger charge is -2.02. The maximum absolute atomic E-state index is 10.6. The van der Waals surface area contributed by atoms with Crippen molar-refractivity contribution in [2.45, 2.75) is 6.54 Å². The topological polar surface area (TPSA) is 77.3 Å². The highest BCUT2D eigenvalue weighted by molar-refractivity contribution is 5.42. The number of methoxy groups -OCH3 is 1. The van der Waals surface area contributed by atoms with Crippen LogP contribution in [0.15, 0.2) is 12.3 Å². The summed E-state index contributed by atoms with van der Waals surface area (Å²) in [5.41, 5.74) is 0.639. The molecule has 0 aromatic carbocycles.